The van der Waals surface area contributed by atoms with Gasteiger partial charge in [0.15, 0.2) is 11.5 Å². The van der Waals surface area contributed by atoms with Crippen LogP contribution in [0.1, 0.15) is 18.5 Å². The molecule has 9 heteroatoms. The fourth-order valence-corrected chi connectivity index (χ4v) is 2.52. The molecule has 1 aromatic carbocycles. The first-order valence-electron chi connectivity index (χ1n) is 9.52. The predicted molar refractivity (Wildman–Crippen MR) is 113 cm³/mol. The van der Waals surface area contributed by atoms with Gasteiger partial charge in [0.2, 0.25) is 5.88 Å². The minimum Gasteiger partial charge on any atom is -0.493 e. The van der Waals surface area contributed by atoms with E-state index in [2.05, 4.69) is 15.6 Å². The van der Waals surface area contributed by atoms with E-state index in [9.17, 15) is 4.79 Å². The van der Waals surface area contributed by atoms with Crippen molar-refractivity contribution in [3.8, 4) is 17.4 Å². The van der Waals surface area contributed by atoms with Gasteiger partial charge in [0, 0.05) is 20.3 Å². The van der Waals surface area contributed by atoms with Crippen LogP contribution in [0.5, 0.6) is 17.4 Å². The first kappa shape index (κ1) is 23.2. The van der Waals surface area contributed by atoms with Crippen molar-refractivity contribution in [3.05, 3.63) is 42.1 Å². The molecule has 2 aromatic rings. The molecule has 164 valence electrons. The van der Waals surface area contributed by atoms with Gasteiger partial charge in [-0.2, -0.15) is 0 Å². The molecule has 0 saturated heterocycles. The first-order valence-corrected chi connectivity index (χ1v) is 9.52. The van der Waals surface area contributed by atoms with E-state index in [1.54, 1.807) is 33.5 Å². The van der Waals surface area contributed by atoms with Crippen LogP contribution in [0.3, 0.4) is 0 Å². The molecule has 30 heavy (non-hydrogen) atoms. The molecule has 0 spiro atoms. The number of anilines is 1. The largest absolute Gasteiger partial charge is 0.493 e. The lowest BCUT2D eigenvalue weighted by molar-refractivity contribution is 0.144. The van der Waals surface area contributed by atoms with Crippen molar-refractivity contribution in [2.75, 3.05) is 53.1 Å². The number of urea groups is 1. The number of amides is 2. The number of methoxy groups -OCH3 is 3. The second-order valence-electron chi connectivity index (χ2n) is 6.30. The molecule has 2 N–H and O–H groups in total. The number of rotatable bonds is 12. The molecule has 0 aliphatic heterocycles. The Hall–Kier alpha value is -3.04. The van der Waals surface area contributed by atoms with Crippen LogP contribution in [0.25, 0.3) is 0 Å². The first-order chi connectivity index (χ1) is 14.6. The molecular formula is C21H29N3O6. The molecule has 0 aliphatic carbocycles. The Morgan fingerprint density at radius 2 is 1.70 bits per heavy atom. The summed E-state index contributed by atoms with van der Waals surface area (Å²) in [5.74, 6) is 1.67. The summed E-state index contributed by atoms with van der Waals surface area (Å²) in [5.41, 5.74) is 1.43. The lowest BCUT2D eigenvalue weighted by Crippen LogP contribution is -2.31. The third-order valence-corrected chi connectivity index (χ3v) is 4.11. The minimum atomic E-state index is -0.350. The summed E-state index contributed by atoms with van der Waals surface area (Å²) in [4.78, 5) is 16.5. The standard InChI is InChI=1S/C21H29N3O6/c1-15(16-5-7-18(19(13-16)28-4)29-11-9-26-2)23-21(25)24-17-6-8-20(22-14-17)30-12-10-27-3/h5-8,13-15H,9-12H2,1-4H3,(H2,23,24,25). The Bertz CT molecular complexity index is 785. The lowest BCUT2D eigenvalue weighted by atomic mass is 10.1. The van der Waals surface area contributed by atoms with Crippen molar-refractivity contribution in [2.24, 2.45) is 0 Å². The summed E-state index contributed by atoms with van der Waals surface area (Å²) in [6.45, 7) is 3.68. The van der Waals surface area contributed by atoms with Crippen molar-refractivity contribution in [2.45, 2.75) is 13.0 Å². The number of nitrogens with one attached hydrogen (secondary N) is 2. The predicted octanol–water partition coefficient (Wildman–Crippen LogP) is 3.02. The molecule has 0 saturated carbocycles. The maximum atomic E-state index is 12.3. The Balaban J connectivity index is 1.90. The molecule has 1 aromatic heterocycles. The summed E-state index contributed by atoms with van der Waals surface area (Å²) < 4.78 is 26.3. The molecule has 1 unspecified atom stereocenters. The van der Waals surface area contributed by atoms with Gasteiger partial charge in [0.25, 0.3) is 0 Å². The summed E-state index contributed by atoms with van der Waals surface area (Å²) in [6.07, 6.45) is 1.53. The van der Waals surface area contributed by atoms with Crippen LogP contribution in [0.2, 0.25) is 0 Å². The Morgan fingerprint density at radius 3 is 2.33 bits per heavy atom. The summed E-state index contributed by atoms with van der Waals surface area (Å²) in [6, 6.07) is 8.32. The monoisotopic (exact) mass is 419 g/mol. The van der Waals surface area contributed by atoms with Crippen LogP contribution in [0.4, 0.5) is 10.5 Å². The SMILES string of the molecule is COCCOc1ccc(NC(=O)NC(C)c2ccc(OCCOC)c(OC)c2)cn1. The van der Waals surface area contributed by atoms with Gasteiger partial charge < -0.3 is 34.3 Å². The fraction of sp³-hybridized carbons (Fsp3) is 0.429. The highest BCUT2D eigenvalue weighted by atomic mass is 16.5. The number of benzene rings is 1. The Morgan fingerprint density at radius 1 is 0.967 bits per heavy atom. The van der Waals surface area contributed by atoms with Gasteiger partial charge in [-0.1, -0.05) is 6.07 Å². The third kappa shape index (κ3) is 7.41. The van der Waals surface area contributed by atoms with Gasteiger partial charge in [-0.3, -0.25) is 0 Å². The molecule has 2 rings (SSSR count). The molecule has 0 radical (unpaired) electrons. The van der Waals surface area contributed by atoms with Crippen molar-refractivity contribution in [1.82, 2.24) is 10.3 Å². The van der Waals surface area contributed by atoms with Crippen LogP contribution < -0.4 is 24.8 Å². The summed E-state index contributed by atoms with van der Waals surface area (Å²) >= 11 is 0. The molecular weight excluding hydrogens is 390 g/mol. The van der Waals surface area contributed by atoms with Crippen molar-refractivity contribution < 1.29 is 28.5 Å². The van der Waals surface area contributed by atoms with Crippen molar-refractivity contribution in [3.63, 3.8) is 0 Å². The number of aromatic nitrogens is 1. The number of carbonyl (C=O) groups excluding carboxylic acids is 1. The van der Waals surface area contributed by atoms with Crippen molar-refractivity contribution in [1.29, 1.82) is 0 Å². The number of nitrogens with zero attached hydrogens (tertiary/aromatic N) is 1. The van der Waals surface area contributed by atoms with E-state index in [1.165, 1.54) is 6.20 Å². The van der Waals surface area contributed by atoms with Gasteiger partial charge in [0.1, 0.15) is 13.2 Å². The van der Waals surface area contributed by atoms with E-state index >= 15 is 0 Å². The number of pyridine rings is 1. The highest BCUT2D eigenvalue weighted by Crippen LogP contribution is 2.30. The minimum absolute atomic E-state index is 0.253. The molecule has 0 bridgehead atoms. The highest BCUT2D eigenvalue weighted by molar-refractivity contribution is 5.89. The van der Waals surface area contributed by atoms with Crippen LogP contribution in [0.15, 0.2) is 36.5 Å². The molecule has 0 aliphatic rings. The highest BCUT2D eigenvalue weighted by Gasteiger charge is 2.13. The third-order valence-electron chi connectivity index (χ3n) is 4.11. The van der Waals surface area contributed by atoms with E-state index in [4.69, 9.17) is 23.7 Å². The van der Waals surface area contributed by atoms with Crippen molar-refractivity contribution >= 4 is 11.7 Å². The van der Waals surface area contributed by atoms with Crippen LogP contribution >= 0.6 is 0 Å². The Labute approximate surface area is 176 Å². The number of ether oxygens (including phenoxy) is 5. The van der Waals surface area contributed by atoms with Crippen LogP contribution in [-0.4, -0.2) is 58.8 Å². The van der Waals surface area contributed by atoms with Gasteiger partial charge in [-0.25, -0.2) is 9.78 Å². The molecule has 1 atom stereocenters. The number of hydrogen-bond acceptors (Lipinski definition) is 7. The van der Waals surface area contributed by atoms with Gasteiger partial charge >= 0.3 is 6.03 Å². The molecule has 9 nitrogen and oxygen atoms in total. The molecule has 0 fully saturated rings. The second-order valence-corrected chi connectivity index (χ2v) is 6.30. The number of carbonyl (C=O) groups is 1. The zero-order valence-corrected chi connectivity index (χ0v) is 17.8. The van der Waals surface area contributed by atoms with Gasteiger partial charge in [-0.05, 0) is 30.7 Å². The lowest BCUT2D eigenvalue weighted by Gasteiger charge is -2.17. The van der Waals surface area contributed by atoms with E-state index < -0.39 is 0 Å². The van der Waals surface area contributed by atoms with Crippen LogP contribution in [-0.2, 0) is 9.47 Å². The normalized spacial score (nSPS) is 11.5. The fourth-order valence-electron chi connectivity index (χ4n) is 2.52. The van der Waals surface area contributed by atoms with E-state index in [0.717, 1.165) is 5.56 Å². The average Bonchev–Trinajstić information content (AvgIpc) is 2.75. The summed E-state index contributed by atoms with van der Waals surface area (Å²) in [7, 11) is 4.79. The zero-order chi connectivity index (χ0) is 21.8. The van der Waals surface area contributed by atoms with Crippen LogP contribution in [0, 0.1) is 0 Å². The van der Waals surface area contributed by atoms with Gasteiger partial charge in [-0.15, -0.1) is 0 Å². The zero-order valence-electron chi connectivity index (χ0n) is 17.8. The van der Waals surface area contributed by atoms with E-state index in [0.29, 0.717) is 49.5 Å². The smallest absolute Gasteiger partial charge is 0.319 e. The maximum Gasteiger partial charge on any atom is 0.319 e. The molecule has 1 heterocycles. The van der Waals surface area contributed by atoms with E-state index in [1.807, 2.05) is 25.1 Å². The number of hydrogen-bond donors (Lipinski definition) is 2. The molecule has 2 amide bonds. The maximum absolute atomic E-state index is 12.3. The topological polar surface area (TPSA) is 100 Å². The van der Waals surface area contributed by atoms with E-state index in [-0.39, 0.29) is 12.1 Å². The Kier molecular flexibility index (Phi) is 9.69. The van der Waals surface area contributed by atoms with Gasteiger partial charge in [0.05, 0.1) is 38.2 Å². The summed E-state index contributed by atoms with van der Waals surface area (Å²) in [5, 5.41) is 5.63. The quantitative estimate of drug-likeness (QED) is 0.510. The second kappa shape index (κ2) is 12.5. The average molecular weight is 419 g/mol.